The number of aliphatic imine (C=N–C) groups is 1. The maximum absolute atomic E-state index is 13.5. The molecule has 0 radical (unpaired) electrons. The fourth-order valence-corrected chi connectivity index (χ4v) is 4.33. The molecular formula is C18H28FN3O2S. The minimum Gasteiger partial charge on any atom is -0.355 e. The molecule has 0 saturated carbocycles. The van der Waals surface area contributed by atoms with Gasteiger partial charge in [-0.1, -0.05) is 26.0 Å². The van der Waals surface area contributed by atoms with E-state index in [2.05, 4.69) is 10.3 Å². The Balaban J connectivity index is 2.08. The summed E-state index contributed by atoms with van der Waals surface area (Å²) in [7, 11) is -1.40. The second-order valence-electron chi connectivity index (χ2n) is 7.80. The second-order valence-corrected chi connectivity index (χ2v) is 10.5. The molecule has 0 bridgehead atoms. The van der Waals surface area contributed by atoms with Crippen molar-refractivity contribution in [3.63, 3.8) is 0 Å². The molecule has 0 aromatic heterocycles. The largest absolute Gasteiger partial charge is 0.355 e. The van der Waals surface area contributed by atoms with Crippen LogP contribution in [0.1, 0.15) is 33.3 Å². The molecule has 1 saturated heterocycles. The quantitative estimate of drug-likeness (QED) is 0.655. The highest BCUT2D eigenvalue weighted by atomic mass is 32.2. The van der Waals surface area contributed by atoms with Gasteiger partial charge in [-0.2, -0.15) is 0 Å². The first-order valence-electron chi connectivity index (χ1n) is 8.42. The van der Waals surface area contributed by atoms with Crippen LogP contribution in [0.25, 0.3) is 0 Å². The van der Waals surface area contributed by atoms with Gasteiger partial charge in [0.1, 0.15) is 5.82 Å². The number of hydrogen-bond acceptors (Lipinski definition) is 3. The Labute approximate surface area is 150 Å². The average Bonchev–Trinajstić information content (AvgIpc) is 2.51. The van der Waals surface area contributed by atoms with E-state index in [1.54, 1.807) is 33.0 Å². The zero-order chi connectivity index (χ0) is 18.9. The number of nitrogens with one attached hydrogen (secondary N) is 1. The first-order chi connectivity index (χ1) is 11.5. The molecule has 7 heteroatoms. The van der Waals surface area contributed by atoms with Gasteiger partial charge in [0.05, 0.1) is 10.5 Å². The highest BCUT2D eigenvalue weighted by Crippen LogP contribution is 2.25. The maximum atomic E-state index is 13.5. The summed E-state index contributed by atoms with van der Waals surface area (Å²) >= 11 is 0. The number of guanidine groups is 1. The van der Waals surface area contributed by atoms with Gasteiger partial charge in [0.25, 0.3) is 0 Å². The molecule has 1 fully saturated rings. The summed E-state index contributed by atoms with van der Waals surface area (Å²) in [4.78, 5) is 6.28. The molecule has 1 N–H and O–H groups in total. The summed E-state index contributed by atoms with van der Waals surface area (Å²) in [6.07, 6.45) is 0. The summed E-state index contributed by atoms with van der Waals surface area (Å²) < 4.78 is 37.0. The van der Waals surface area contributed by atoms with Gasteiger partial charge in [0.15, 0.2) is 15.8 Å². The highest BCUT2D eigenvalue weighted by molar-refractivity contribution is 7.92. The van der Waals surface area contributed by atoms with Crippen LogP contribution in [0, 0.1) is 5.82 Å². The zero-order valence-electron chi connectivity index (χ0n) is 15.6. The number of nitrogens with zero attached hydrogens (tertiary/aromatic N) is 2. The summed E-state index contributed by atoms with van der Waals surface area (Å²) in [6.45, 7) is 8.95. The minimum atomic E-state index is -3.09. The smallest absolute Gasteiger partial charge is 0.193 e. The van der Waals surface area contributed by atoms with E-state index in [1.165, 1.54) is 6.07 Å². The van der Waals surface area contributed by atoms with Gasteiger partial charge in [-0.25, -0.2) is 12.8 Å². The van der Waals surface area contributed by atoms with Crippen molar-refractivity contribution in [3.8, 4) is 0 Å². The Kier molecular flexibility index (Phi) is 5.47. The van der Waals surface area contributed by atoms with E-state index in [-0.39, 0.29) is 17.0 Å². The maximum Gasteiger partial charge on any atom is 0.193 e. The lowest BCUT2D eigenvalue weighted by Crippen LogP contribution is -2.58. The standard InChI is InChI=1S/C18H28FN3O2S/c1-17(2,14-7-6-8-15(19)11-14)12-21-16(20-5)22-9-10-25(23,24)18(3,4)13-22/h6-8,11H,9-10,12-13H2,1-5H3,(H,20,21). The van der Waals surface area contributed by atoms with Gasteiger partial charge in [-0.05, 0) is 31.5 Å². The highest BCUT2D eigenvalue weighted by Gasteiger charge is 2.41. The third-order valence-corrected chi connectivity index (χ3v) is 7.38. The molecule has 0 spiro atoms. The summed E-state index contributed by atoms with van der Waals surface area (Å²) in [6, 6.07) is 6.59. The molecule has 0 amide bonds. The van der Waals surface area contributed by atoms with E-state index in [0.29, 0.717) is 25.6 Å². The molecule has 25 heavy (non-hydrogen) atoms. The van der Waals surface area contributed by atoms with Crippen molar-refractivity contribution >= 4 is 15.8 Å². The zero-order valence-corrected chi connectivity index (χ0v) is 16.5. The van der Waals surface area contributed by atoms with Crippen molar-refractivity contribution in [1.29, 1.82) is 0 Å². The van der Waals surface area contributed by atoms with Crippen LogP contribution < -0.4 is 5.32 Å². The Hall–Kier alpha value is -1.63. The first kappa shape index (κ1) is 19.7. The van der Waals surface area contributed by atoms with Crippen molar-refractivity contribution in [2.75, 3.05) is 32.4 Å². The van der Waals surface area contributed by atoms with Crippen molar-refractivity contribution < 1.29 is 12.8 Å². The van der Waals surface area contributed by atoms with E-state index in [0.717, 1.165) is 5.56 Å². The second kappa shape index (κ2) is 6.94. The molecule has 2 rings (SSSR count). The normalized spacial score (nSPS) is 20.4. The van der Waals surface area contributed by atoms with Crippen LogP contribution in [0.3, 0.4) is 0 Å². The molecule has 1 aliphatic rings. The fourth-order valence-electron chi connectivity index (χ4n) is 2.97. The van der Waals surface area contributed by atoms with Gasteiger partial charge >= 0.3 is 0 Å². The van der Waals surface area contributed by atoms with Crippen molar-refractivity contribution in [1.82, 2.24) is 10.2 Å². The van der Waals surface area contributed by atoms with Crippen molar-refractivity contribution in [2.24, 2.45) is 4.99 Å². The monoisotopic (exact) mass is 369 g/mol. The van der Waals surface area contributed by atoms with Crippen LogP contribution in [0.4, 0.5) is 4.39 Å². The van der Waals surface area contributed by atoms with E-state index in [9.17, 15) is 12.8 Å². The average molecular weight is 370 g/mol. The van der Waals surface area contributed by atoms with Crippen LogP contribution in [0.5, 0.6) is 0 Å². The molecular weight excluding hydrogens is 341 g/mol. The number of hydrogen-bond donors (Lipinski definition) is 1. The first-order valence-corrected chi connectivity index (χ1v) is 10.1. The third kappa shape index (κ3) is 4.32. The predicted molar refractivity (Wildman–Crippen MR) is 100 cm³/mol. The van der Waals surface area contributed by atoms with Crippen molar-refractivity contribution in [2.45, 2.75) is 37.9 Å². The molecule has 1 aromatic rings. The summed E-state index contributed by atoms with van der Waals surface area (Å²) in [5.41, 5.74) is 0.604. The minimum absolute atomic E-state index is 0.119. The van der Waals surface area contributed by atoms with Crippen LogP contribution in [0.2, 0.25) is 0 Å². The molecule has 5 nitrogen and oxygen atoms in total. The van der Waals surface area contributed by atoms with Crippen LogP contribution in [0.15, 0.2) is 29.3 Å². The molecule has 0 atom stereocenters. The number of rotatable bonds is 3. The van der Waals surface area contributed by atoms with E-state index < -0.39 is 14.6 Å². The van der Waals surface area contributed by atoms with Crippen LogP contribution in [-0.4, -0.2) is 56.5 Å². The Bertz CT molecular complexity index is 757. The molecule has 0 aliphatic carbocycles. The lowest BCUT2D eigenvalue weighted by atomic mass is 9.84. The Morgan fingerprint density at radius 3 is 2.64 bits per heavy atom. The van der Waals surface area contributed by atoms with Gasteiger partial charge in [-0.3, -0.25) is 4.99 Å². The Morgan fingerprint density at radius 2 is 2.08 bits per heavy atom. The van der Waals surface area contributed by atoms with Gasteiger partial charge in [-0.15, -0.1) is 0 Å². The van der Waals surface area contributed by atoms with E-state index in [1.807, 2.05) is 24.8 Å². The van der Waals surface area contributed by atoms with Gasteiger partial charge < -0.3 is 10.2 Å². The third-order valence-electron chi connectivity index (χ3n) is 4.85. The molecule has 1 heterocycles. The van der Waals surface area contributed by atoms with E-state index >= 15 is 0 Å². The van der Waals surface area contributed by atoms with Crippen LogP contribution in [-0.2, 0) is 15.3 Å². The number of sulfone groups is 1. The SMILES string of the molecule is CN=C(NCC(C)(C)c1cccc(F)c1)N1CCS(=O)(=O)C(C)(C)C1. The van der Waals surface area contributed by atoms with Gasteiger partial charge in [0, 0.05) is 32.1 Å². The lowest BCUT2D eigenvalue weighted by molar-refractivity contribution is 0.349. The van der Waals surface area contributed by atoms with Crippen molar-refractivity contribution in [3.05, 3.63) is 35.6 Å². The Morgan fingerprint density at radius 1 is 1.40 bits per heavy atom. The molecule has 1 aromatic carbocycles. The lowest BCUT2D eigenvalue weighted by Gasteiger charge is -2.40. The topological polar surface area (TPSA) is 61.8 Å². The summed E-state index contributed by atoms with van der Waals surface area (Å²) in [5.74, 6) is 0.541. The molecule has 140 valence electrons. The van der Waals surface area contributed by atoms with E-state index in [4.69, 9.17) is 0 Å². The van der Waals surface area contributed by atoms with Gasteiger partial charge in [0.2, 0.25) is 0 Å². The predicted octanol–water partition coefficient (Wildman–Crippen LogP) is 2.19. The summed E-state index contributed by atoms with van der Waals surface area (Å²) in [5, 5.41) is 3.32. The molecule has 1 aliphatic heterocycles. The number of halogens is 1. The number of benzene rings is 1. The fraction of sp³-hybridized carbons (Fsp3) is 0.611. The van der Waals surface area contributed by atoms with Crippen LogP contribution >= 0.6 is 0 Å². The molecule has 0 unspecified atom stereocenters.